The molecule has 0 amide bonds. The van der Waals surface area contributed by atoms with Crippen LogP contribution in [-0.4, -0.2) is 31.8 Å². The molecule has 0 aliphatic heterocycles. The molecule has 0 rings (SSSR count). The first-order valence-electron chi connectivity index (χ1n) is 3.80. The second-order valence-electron chi connectivity index (χ2n) is 3.09. The lowest BCUT2D eigenvalue weighted by atomic mass is 10.1. The summed E-state index contributed by atoms with van der Waals surface area (Å²) in [5.41, 5.74) is 5.22. The van der Waals surface area contributed by atoms with Gasteiger partial charge in [0.25, 0.3) is 0 Å². The molecule has 1 atom stereocenters. The van der Waals surface area contributed by atoms with Gasteiger partial charge >= 0.3 is 13.8 Å². The zero-order valence-electron chi connectivity index (χ0n) is 7.99. The van der Waals surface area contributed by atoms with E-state index in [1.54, 1.807) is 0 Å². The van der Waals surface area contributed by atoms with Gasteiger partial charge in [0.1, 0.15) is 6.04 Å². The predicted molar refractivity (Wildman–Crippen MR) is 49.3 cm³/mol. The topological polar surface area (TPSA) is 141 Å². The second-order valence-corrected chi connectivity index (χ2v) is 4.11. The minimum absolute atomic E-state index is 0.357. The Morgan fingerprint density at radius 1 is 1.36 bits per heavy atom. The Hall–Kier alpha value is -0.460. The molecule has 0 saturated carbocycles. The van der Waals surface area contributed by atoms with E-state index >= 15 is 0 Å². The van der Waals surface area contributed by atoms with E-state index in [0.717, 1.165) is 0 Å². The van der Waals surface area contributed by atoms with Gasteiger partial charge in [0, 0.05) is 0 Å². The first-order valence-corrected chi connectivity index (χ1v) is 5.37. The zero-order chi connectivity index (χ0) is 11.9. The number of carboxylic acid groups (broad SMARTS) is 1. The molecule has 14 heavy (non-hydrogen) atoms. The summed E-state index contributed by atoms with van der Waals surface area (Å²) in [6.45, 7) is 3.89. The highest BCUT2D eigenvalue weighted by Crippen LogP contribution is 2.25. The number of hydrogen-bond donors (Lipinski definition) is 5. The van der Waals surface area contributed by atoms with E-state index in [4.69, 9.17) is 30.1 Å². The van der Waals surface area contributed by atoms with Crippen molar-refractivity contribution in [2.24, 2.45) is 11.7 Å². The van der Waals surface area contributed by atoms with Crippen LogP contribution in [0.3, 0.4) is 0 Å². The Morgan fingerprint density at radius 3 is 1.71 bits per heavy atom. The van der Waals surface area contributed by atoms with Crippen LogP contribution in [0.4, 0.5) is 0 Å². The fourth-order valence-corrected chi connectivity index (χ4v) is 0.609. The SMILES string of the molecule is CC(C)C[C@H](N)C(=O)O.O=P(O)(O)O. The van der Waals surface area contributed by atoms with Gasteiger partial charge < -0.3 is 25.5 Å². The van der Waals surface area contributed by atoms with Crippen molar-refractivity contribution in [3.05, 3.63) is 0 Å². The Labute approximate surface area is 81.8 Å². The summed E-state index contributed by atoms with van der Waals surface area (Å²) in [5, 5.41) is 8.31. The summed E-state index contributed by atoms with van der Waals surface area (Å²) in [5.74, 6) is -0.556. The molecule has 0 heterocycles. The van der Waals surface area contributed by atoms with Gasteiger partial charge in [-0.25, -0.2) is 4.57 Å². The average Bonchev–Trinajstić information content (AvgIpc) is 1.80. The van der Waals surface area contributed by atoms with Crippen LogP contribution in [-0.2, 0) is 9.36 Å². The number of nitrogens with two attached hydrogens (primary N) is 1. The molecule has 6 N–H and O–H groups in total. The van der Waals surface area contributed by atoms with E-state index in [9.17, 15) is 4.79 Å². The van der Waals surface area contributed by atoms with Gasteiger partial charge in [0.15, 0.2) is 0 Å². The van der Waals surface area contributed by atoms with Gasteiger partial charge in [-0.15, -0.1) is 0 Å². The number of phosphoric acid groups is 1. The lowest BCUT2D eigenvalue weighted by Gasteiger charge is -2.07. The molecule has 0 unspecified atom stereocenters. The Bertz CT molecular complexity index is 204. The van der Waals surface area contributed by atoms with Crippen LogP contribution in [0.2, 0.25) is 0 Å². The van der Waals surface area contributed by atoms with Crippen molar-refractivity contribution in [3.8, 4) is 0 Å². The van der Waals surface area contributed by atoms with Gasteiger partial charge in [-0.3, -0.25) is 4.79 Å². The van der Waals surface area contributed by atoms with Crippen molar-refractivity contribution < 1.29 is 29.1 Å². The Morgan fingerprint density at radius 2 is 1.64 bits per heavy atom. The minimum Gasteiger partial charge on any atom is -0.480 e. The van der Waals surface area contributed by atoms with Crippen LogP contribution < -0.4 is 5.73 Å². The molecule has 0 aromatic carbocycles. The van der Waals surface area contributed by atoms with E-state index in [1.165, 1.54) is 0 Å². The summed E-state index contributed by atoms with van der Waals surface area (Å²) in [4.78, 5) is 31.7. The van der Waals surface area contributed by atoms with E-state index in [1.807, 2.05) is 13.8 Å². The first-order chi connectivity index (χ1) is 6.04. The Kier molecular flexibility index (Phi) is 7.90. The normalized spacial score (nSPS) is 13.1. The molecule has 0 aromatic heterocycles. The third-order valence-electron chi connectivity index (χ3n) is 1.04. The third kappa shape index (κ3) is 22.5. The van der Waals surface area contributed by atoms with E-state index in [-0.39, 0.29) is 0 Å². The van der Waals surface area contributed by atoms with Crippen molar-refractivity contribution in [1.29, 1.82) is 0 Å². The number of carbonyl (C=O) groups is 1. The average molecular weight is 229 g/mol. The van der Waals surface area contributed by atoms with Crippen LogP contribution in [0, 0.1) is 5.92 Å². The van der Waals surface area contributed by atoms with Crippen molar-refractivity contribution >= 4 is 13.8 Å². The van der Waals surface area contributed by atoms with Crippen molar-refractivity contribution in [3.63, 3.8) is 0 Å². The van der Waals surface area contributed by atoms with E-state index < -0.39 is 19.8 Å². The van der Waals surface area contributed by atoms with Crippen LogP contribution in [0.5, 0.6) is 0 Å². The van der Waals surface area contributed by atoms with Gasteiger partial charge in [0.2, 0.25) is 0 Å². The number of rotatable bonds is 3. The number of aliphatic carboxylic acids is 1. The molecule has 0 saturated heterocycles. The molecule has 7 nitrogen and oxygen atoms in total. The summed E-state index contributed by atoms with van der Waals surface area (Å²) in [7, 11) is -4.64. The van der Waals surface area contributed by atoms with Crippen LogP contribution in [0.25, 0.3) is 0 Å². The molecule has 0 aliphatic carbocycles. The standard InChI is InChI=1S/C6H13NO2.H3O4P/c1-4(2)3-5(7)6(8)9;1-5(2,3)4/h4-5H,3,7H2,1-2H3,(H,8,9);(H3,1,2,3,4)/t5-;/m0./s1. The van der Waals surface area contributed by atoms with E-state index in [2.05, 4.69) is 0 Å². The summed E-state index contributed by atoms with van der Waals surface area (Å²) in [6, 6.07) is -0.690. The van der Waals surface area contributed by atoms with Crippen molar-refractivity contribution in [2.75, 3.05) is 0 Å². The third-order valence-corrected chi connectivity index (χ3v) is 1.04. The van der Waals surface area contributed by atoms with E-state index in [0.29, 0.717) is 12.3 Å². The maximum Gasteiger partial charge on any atom is 0.466 e. The maximum atomic E-state index is 10.1. The fourth-order valence-electron chi connectivity index (χ4n) is 0.609. The lowest BCUT2D eigenvalue weighted by Crippen LogP contribution is -2.31. The van der Waals surface area contributed by atoms with Gasteiger partial charge in [-0.2, -0.15) is 0 Å². The van der Waals surface area contributed by atoms with Crippen LogP contribution >= 0.6 is 7.82 Å². The highest BCUT2D eigenvalue weighted by molar-refractivity contribution is 7.45. The predicted octanol–water partition coefficient (Wildman–Crippen LogP) is -0.484. The molecule has 0 aliphatic rings. The van der Waals surface area contributed by atoms with Crippen molar-refractivity contribution in [2.45, 2.75) is 26.3 Å². The number of hydrogen-bond acceptors (Lipinski definition) is 3. The maximum absolute atomic E-state index is 10.1. The molecule has 8 heteroatoms. The molecule has 0 bridgehead atoms. The van der Waals surface area contributed by atoms with Crippen LogP contribution in [0.1, 0.15) is 20.3 Å². The number of carboxylic acids is 1. The first kappa shape index (κ1) is 16.0. The van der Waals surface area contributed by atoms with Crippen LogP contribution in [0.15, 0.2) is 0 Å². The largest absolute Gasteiger partial charge is 0.480 e. The molecule has 0 fully saturated rings. The molecule has 86 valence electrons. The van der Waals surface area contributed by atoms with Gasteiger partial charge in [0.05, 0.1) is 0 Å². The highest BCUT2D eigenvalue weighted by Gasteiger charge is 2.11. The lowest BCUT2D eigenvalue weighted by molar-refractivity contribution is -0.138. The quantitative estimate of drug-likeness (QED) is 0.411. The van der Waals surface area contributed by atoms with Gasteiger partial charge in [-0.05, 0) is 12.3 Å². The highest BCUT2D eigenvalue weighted by atomic mass is 31.2. The molecule has 0 spiro atoms. The fraction of sp³-hybridized carbons (Fsp3) is 0.833. The summed E-state index contributed by atoms with van der Waals surface area (Å²) >= 11 is 0. The molecule has 0 radical (unpaired) electrons. The summed E-state index contributed by atoms with van der Waals surface area (Å²) < 4.78 is 8.88. The molecular formula is C6H16NO6P. The second kappa shape index (κ2) is 6.92. The monoisotopic (exact) mass is 229 g/mol. The smallest absolute Gasteiger partial charge is 0.466 e. The molecular weight excluding hydrogens is 213 g/mol. The summed E-state index contributed by atoms with van der Waals surface area (Å²) in [6.07, 6.45) is 0.551. The molecule has 0 aromatic rings. The Balaban J connectivity index is 0. The zero-order valence-corrected chi connectivity index (χ0v) is 8.89. The van der Waals surface area contributed by atoms with Gasteiger partial charge in [-0.1, -0.05) is 13.8 Å². The minimum atomic E-state index is -4.64. The van der Waals surface area contributed by atoms with Crippen molar-refractivity contribution in [1.82, 2.24) is 0 Å².